The molecule has 0 radical (unpaired) electrons. The van der Waals surface area contributed by atoms with Crippen LogP contribution in [0.2, 0.25) is 0 Å². The molecule has 1 rings (SSSR count). The fourth-order valence-corrected chi connectivity index (χ4v) is 1.09. The number of anilines is 1. The fourth-order valence-electron chi connectivity index (χ4n) is 1.09. The summed E-state index contributed by atoms with van der Waals surface area (Å²) < 4.78 is 1.34. The van der Waals surface area contributed by atoms with Gasteiger partial charge in [-0.1, -0.05) is 6.92 Å². The van der Waals surface area contributed by atoms with Crippen LogP contribution in [0, 0.1) is 0 Å². The van der Waals surface area contributed by atoms with Gasteiger partial charge in [0.15, 0.2) is 0 Å². The van der Waals surface area contributed by atoms with Crippen molar-refractivity contribution in [2.45, 2.75) is 25.9 Å². The van der Waals surface area contributed by atoms with E-state index in [0.29, 0.717) is 12.1 Å². The maximum Gasteiger partial charge on any atom is 0.241 e. The Morgan fingerprint density at radius 1 is 1.62 bits per heavy atom. The Labute approximate surface area is 92.8 Å². The molecule has 0 saturated carbocycles. The molecule has 7 heteroatoms. The number of aromatic nitrogens is 2. The average molecular weight is 225 g/mol. The van der Waals surface area contributed by atoms with E-state index >= 15 is 0 Å². The molecule has 0 fully saturated rings. The number of nitrogens with two attached hydrogens (primary N) is 2. The molecule has 1 aromatic heterocycles. The Hall–Kier alpha value is -1.89. The van der Waals surface area contributed by atoms with E-state index < -0.39 is 11.9 Å². The maximum absolute atomic E-state index is 11.4. The van der Waals surface area contributed by atoms with Crippen LogP contribution in [0.4, 0.5) is 5.69 Å². The maximum atomic E-state index is 11.4. The van der Waals surface area contributed by atoms with Gasteiger partial charge in [0.05, 0.1) is 17.9 Å². The van der Waals surface area contributed by atoms with E-state index in [-0.39, 0.29) is 12.5 Å². The average Bonchev–Trinajstić information content (AvgIpc) is 2.63. The van der Waals surface area contributed by atoms with E-state index in [0.717, 1.165) is 0 Å². The zero-order valence-corrected chi connectivity index (χ0v) is 9.01. The van der Waals surface area contributed by atoms with E-state index in [1.54, 1.807) is 0 Å². The molecule has 88 valence electrons. The van der Waals surface area contributed by atoms with Crippen molar-refractivity contribution in [2.24, 2.45) is 11.5 Å². The molecule has 1 heterocycles. The number of carbonyl (C=O) groups is 2. The molecule has 7 nitrogen and oxygen atoms in total. The first-order valence-electron chi connectivity index (χ1n) is 4.90. The van der Waals surface area contributed by atoms with Gasteiger partial charge in [0, 0.05) is 6.20 Å². The summed E-state index contributed by atoms with van der Waals surface area (Å²) in [6, 6.07) is -0.542. The molecule has 5 N–H and O–H groups in total. The Morgan fingerprint density at radius 3 is 2.88 bits per heavy atom. The SMILES string of the molecule is CC[C@H](N)C(=O)Nc1cnn(CC(N)=O)c1. The standard InChI is InChI=1S/C9H15N5O2/c1-2-7(10)9(16)13-6-3-12-14(4-6)5-8(11)15/h3-4,7H,2,5,10H2,1H3,(H2,11,15)(H,13,16)/t7-/m0/s1. The summed E-state index contributed by atoms with van der Waals surface area (Å²) in [6.07, 6.45) is 3.51. The lowest BCUT2D eigenvalue weighted by Gasteiger charge is -2.07. The van der Waals surface area contributed by atoms with Gasteiger partial charge in [-0.25, -0.2) is 0 Å². The Kier molecular flexibility index (Phi) is 4.01. The lowest BCUT2D eigenvalue weighted by Crippen LogP contribution is -2.34. The number of nitrogens with one attached hydrogen (secondary N) is 1. The summed E-state index contributed by atoms with van der Waals surface area (Å²) in [7, 11) is 0. The molecule has 0 saturated heterocycles. The van der Waals surface area contributed by atoms with Gasteiger partial charge in [0.2, 0.25) is 11.8 Å². The molecule has 0 aliphatic carbocycles. The molecule has 0 unspecified atom stereocenters. The van der Waals surface area contributed by atoms with Crippen molar-refractivity contribution in [3.63, 3.8) is 0 Å². The van der Waals surface area contributed by atoms with Crippen LogP contribution in [0.25, 0.3) is 0 Å². The molecule has 0 spiro atoms. The van der Waals surface area contributed by atoms with Crippen molar-refractivity contribution in [3.8, 4) is 0 Å². The lowest BCUT2D eigenvalue weighted by atomic mass is 10.2. The summed E-state index contributed by atoms with van der Waals surface area (Å²) in [5, 5.41) is 6.44. The first kappa shape index (κ1) is 12.2. The van der Waals surface area contributed by atoms with Crippen molar-refractivity contribution in [3.05, 3.63) is 12.4 Å². The fraction of sp³-hybridized carbons (Fsp3) is 0.444. The summed E-state index contributed by atoms with van der Waals surface area (Å²) in [6.45, 7) is 1.80. The van der Waals surface area contributed by atoms with Crippen LogP contribution in [0.1, 0.15) is 13.3 Å². The van der Waals surface area contributed by atoms with Crippen molar-refractivity contribution in [1.29, 1.82) is 0 Å². The highest BCUT2D eigenvalue weighted by molar-refractivity contribution is 5.94. The van der Waals surface area contributed by atoms with Crippen LogP contribution >= 0.6 is 0 Å². The van der Waals surface area contributed by atoms with E-state index in [1.165, 1.54) is 17.1 Å². The minimum Gasteiger partial charge on any atom is -0.368 e. The summed E-state index contributed by atoms with van der Waals surface area (Å²) in [5.41, 5.74) is 11.0. The van der Waals surface area contributed by atoms with Crippen LogP contribution < -0.4 is 16.8 Å². The second kappa shape index (κ2) is 5.26. The van der Waals surface area contributed by atoms with Gasteiger partial charge in [-0.3, -0.25) is 14.3 Å². The van der Waals surface area contributed by atoms with E-state index in [4.69, 9.17) is 11.5 Å². The molecule has 0 aliphatic rings. The van der Waals surface area contributed by atoms with Crippen molar-refractivity contribution in [2.75, 3.05) is 5.32 Å². The van der Waals surface area contributed by atoms with Crippen molar-refractivity contribution in [1.82, 2.24) is 9.78 Å². The zero-order valence-electron chi connectivity index (χ0n) is 9.01. The predicted molar refractivity (Wildman–Crippen MR) is 58.3 cm³/mol. The van der Waals surface area contributed by atoms with Crippen LogP contribution in [0.3, 0.4) is 0 Å². The molecular formula is C9H15N5O2. The Bertz CT molecular complexity index is 387. The summed E-state index contributed by atoms with van der Waals surface area (Å²) in [5.74, 6) is -0.771. The highest BCUT2D eigenvalue weighted by atomic mass is 16.2. The van der Waals surface area contributed by atoms with Crippen molar-refractivity contribution < 1.29 is 9.59 Å². The van der Waals surface area contributed by atoms with Crippen LogP contribution in [0.15, 0.2) is 12.4 Å². The highest BCUT2D eigenvalue weighted by Crippen LogP contribution is 2.05. The topological polar surface area (TPSA) is 116 Å². The zero-order chi connectivity index (χ0) is 12.1. The quantitative estimate of drug-likeness (QED) is 0.598. The molecule has 0 aliphatic heterocycles. The first-order chi connectivity index (χ1) is 7.52. The van der Waals surface area contributed by atoms with Crippen LogP contribution in [0.5, 0.6) is 0 Å². The number of nitrogens with zero attached hydrogens (tertiary/aromatic N) is 2. The van der Waals surface area contributed by atoms with E-state index in [1.807, 2.05) is 6.92 Å². The molecular weight excluding hydrogens is 210 g/mol. The van der Waals surface area contributed by atoms with Gasteiger partial charge >= 0.3 is 0 Å². The number of rotatable bonds is 5. The number of hydrogen-bond donors (Lipinski definition) is 3. The summed E-state index contributed by atoms with van der Waals surface area (Å²) in [4.78, 5) is 22.0. The first-order valence-corrected chi connectivity index (χ1v) is 4.90. The molecule has 1 aromatic rings. The molecule has 1 atom stereocenters. The number of primary amides is 1. The molecule has 16 heavy (non-hydrogen) atoms. The lowest BCUT2D eigenvalue weighted by molar-refractivity contribution is -0.119. The smallest absolute Gasteiger partial charge is 0.241 e. The van der Waals surface area contributed by atoms with E-state index in [2.05, 4.69) is 10.4 Å². The molecule has 2 amide bonds. The Morgan fingerprint density at radius 2 is 2.31 bits per heavy atom. The largest absolute Gasteiger partial charge is 0.368 e. The normalized spacial score (nSPS) is 12.1. The third-order valence-corrected chi connectivity index (χ3v) is 2.00. The van der Waals surface area contributed by atoms with Gasteiger partial charge in [0.25, 0.3) is 0 Å². The van der Waals surface area contributed by atoms with E-state index in [9.17, 15) is 9.59 Å². The van der Waals surface area contributed by atoms with Gasteiger partial charge in [0.1, 0.15) is 6.54 Å². The Balaban J connectivity index is 2.58. The van der Waals surface area contributed by atoms with Gasteiger partial charge < -0.3 is 16.8 Å². The third-order valence-electron chi connectivity index (χ3n) is 2.00. The minimum atomic E-state index is -0.542. The number of carbonyl (C=O) groups excluding carboxylic acids is 2. The number of hydrogen-bond acceptors (Lipinski definition) is 4. The van der Waals surface area contributed by atoms with Crippen LogP contribution in [-0.4, -0.2) is 27.6 Å². The second-order valence-corrected chi connectivity index (χ2v) is 3.40. The van der Waals surface area contributed by atoms with Gasteiger partial charge in [-0.05, 0) is 6.42 Å². The highest BCUT2D eigenvalue weighted by Gasteiger charge is 2.11. The molecule has 0 bridgehead atoms. The van der Waals surface area contributed by atoms with Gasteiger partial charge in [-0.15, -0.1) is 0 Å². The predicted octanol–water partition coefficient (Wildman–Crippen LogP) is -0.956. The third kappa shape index (κ3) is 3.35. The molecule has 0 aromatic carbocycles. The second-order valence-electron chi connectivity index (χ2n) is 3.40. The summed E-state index contributed by atoms with van der Waals surface area (Å²) >= 11 is 0. The van der Waals surface area contributed by atoms with Crippen LogP contribution in [-0.2, 0) is 16.1 Å². The monoisotopic (exact) mass is 225 g/mol. The van der Waals surface area contributed by atoms with Gasteiger partial charge in [-0.2, -0.15) is 5.10 Å². The minimum absolute atomic E-state index is 0.0182. The number of amides is 2. The van der Waals surface area contributed by atoms with Crippen molar-refractivity contribution >= 4 is 17.5 Å².